The topological polar surface area (TPSA) is 71.7 Å². The molecule has 0 amide bonds. The zero-order valence-corrected chi connectivity index (χ0v) is 9.71. The molecule has 6 heteroatoms. The predicted molar refractivity (Wildman–Crippen MR) is 64.0 cm³/mol. The van der Waals surface area contributed by atoms with Crippen molar-refractivity contribution in [2.45, 2.75) is 12.5 Å². The van der Waals surface area contributed by atoms with Gasteiger partial charge in [0.25, 0.3) is 0 Å². The third-order valence-corrected chi connectivity index (χ3v) is 2.46. The Bertz CT molecular complexity index is 465. The molecule has 92 valence electrons. The van der Waals surface area contributed by atoms with Crippen LogP contribution in [0.1, 0.15) is 6.42 Å². The second-order valence-electron chi connectivity index (χ2n) is 3.76. The van der Waals surface area contributed by atoms with Crippen LogP contribution >= 0.6 is 0 Å². The molecular formula is C11H16N4O2. The molecule has 0 spiro atoms. The number of nitrogens with one attached hydrogen (secondary N) is 1. The Hall–Kier alpha value is -1.66. The van der Waals surface area contributed by atoms with E-state index in [9.17, 15) is 0 Å². The highest BCUT2D eigenvalue weighted by molar-refractivity contribution is 5.45. The van der Waals surface area contributed by atoms with Crippen LogP contribution in [-0.2, 0) is 4.74 Å². The lowest BCUT2D eigenvalue weighted by atomic mass is 10.2. The molecule has 1 unspecified atom stereocenters. The minimum absolute atomic E-state index is 0.0582. The number of aliphatic hydroxyl groups is 1. The van der Waals surface area contributed by atoms with Crippen molar-refractivity contribution in [3.8, 4) is 0 Å². The van der Waals surface area contributed by atoms with Gasteiger partial charge >= 0.3 is 0 Å². The fourth-order valence-electron chi connectivity index (χ4n) is 1.66. The van der Waals surface area contributed by atoms with Crippen LogP contribution in [-0.4, -0.2) is 46.1 Å². The van der Waals surface area contributed by atoms with Gasteiger partial charge in [0.15, 0.2) is 5.65 Å². The molecule has 2 rings (SSSR count). The summed E-state index contributed by atoms with van der Waals surface area (Å²) < 4.78 is 6.78. The summed E-state index contributed by atoms with van der Waals surface area (Å²) in [5, 5.41) is 16.2. The molecule has 0 aliphatic rings. The number of aromatic nitrogens is 3. The first-order chi connectivity index (χ1) is 8.33. The largest absolute Gasteiger partial charge is 0.396 e. The molecule has 0 bridgehead atoms. The average molecular weight is 236 g/mol. The fourth-order valence-corrected chi connectivity index (χ4v) is 1.66. The summed E-state index contributed by atoms with van der Waals surface area (Å²) in [6, 6.07) is 3.74. The Morgan fingerprint density at radius 1 is 1.53 bits per heavy atom. The summed E-state index contributed by atoms with van der Waals surface area (Å²) in [6.45, 7) is 0.655. The quantitative estimate of drug-likeness (QED) is 0.766. The van der Waals surface area contributed by atoms with E-state index in [0.717, 1.165) is 11.5 Å². The van der Waals surface area contributed by atoms with Crippen molar-refractivity contribution in [2.75, 3.05) is 25.6 Å². The Labute approximate surface area is 99.2 Å². The van der Waals surface area contributed by atoms with Crippen molar-refractivity contribution in [3.05, 3.63) is 24.5 Å². The second kappa shape index (κ2) is 5.60. The van der Waals surface area contributed by atoms with Gasteiger partial charge in [-0.3, -0.25) is 0 Å². The van der Waals surface area contributed by atoms with Crippen molar-refractivity contribution < 1.29 is 9.84 Å². The maximum atomic E-state index is 8.95. The summed E-state index contributed by atoms with van der Waals surface area (Å²) in [4.78, 5) is 4.39. The fraction of sp³-hybridized carbons (Fsp3) is 0.455. The van der Waals surface area contributed by atoms with E-state index in [2.05, 4.69) is 15.4 Å². The molecule has 0 saturated heterocycles. The highest BCUT2D eigenvalue weighted by Crippen LogP contribution is 2.08. The van der Waals surface area contributed by atoms with Crippen LogP contribution in [0.25, 0.3) is 5.65 Å². The van der Waals surface area contributed by atoms with Crippen LogP contribution in [0.2, 0.25) is 0 Å². The van der Waals surface area contributed by atoms with Gasteiger partial charge in [0.1, 0.15) is 5.82 Å². The van der Waals surface area contributed by atoms with Gasteiger partial charge in [-0.1, -0.05) is 0 Å². The summed E-state index contributed by atoms with van der Waals surface area (Å²) >= 11 is 0. The standard InChI is InChI=1S/C11H16N4O2/c1-17-8-9(4-7-16)13-10-3-6-15-11(14-10)2-5-12-15/h2-3,5-6,9,16H,4,7-8H2,1H3,(H,13,14). The van der Waals surface area contributed by atoms with Crippen molar-refractivity contribution in [1.82, 2.24) is 14.6 Å². The molecule has 2 aromatic rings. The van der Waals surface area contributed by atoms with Crippen molar-refractivity contribution >= 4 is 11.5 Å². The zero-order chi connectivity index (χ0) is 12.1. The maximum Gasteiger partial charge on any atom is 0.157 e. The van der Waals surface area contributed by atoms with E-state index in [1.54, 1.807) is 17.8 Å². The van der Waals surface area contributed by atoms with Crippen LogP contribution in [0, 0.1) is 0 Å². The summed E-state index contributed by atoms with van der Waals surface area (Å²) in [7, 11) is 1.64. The van der Waals surface area contributed by atoms with Crippen molar-refractivity contribution in [3.63, 3.8) is 0 Å². The molecule has 0 aliphatic heterocycles. The van der Waals surface area contributed by atoms with Gasteiger partial charge in [0.2, 0.25) is 0 Å². The monoisotopic (exact) mass is 236 g/mol. The highest BCUT2D eigenvalue weighted by atomic mass is 16.5. The molecule has 0 fully saturated rings. The normalized spacial score (nSPS) is 12.8. The number of ether oxygens (including phenoxy) is 1. The summed E-state index contributed by atoms with van der Waals surface area (Å²) in [5.41, 5.74) is 0.787. The average Bonchev–Trinajstić information content (AvgIpc) is 2.77. The molecule has 0 saturated carbocycles. The van der Waals surface area contributed by atoms with E-state index < -0.39 is 0 Å². The van der Waals surface area contributed by atoms with E-state index in [0.29, 0.717) is 13.0 Å². The Morgan fingerprint density at radius 2 is 2.41 bits per heavy atom. The van der Waals surface area contributed by atoms with Crippen molar-refractivity contribution in [1.29, 1.82) is 0 Å². The number of nitrogens with zero attached hydrogens (tertiary/aromatic N) is 3. The van der Waals surface area contributed by atoms with Gasteiger partial charge in [-0.15, -0.1) is 0 Å². The number of anilines is 1. The molecule has 1 atom stereocenters. The van der Waals surface area contributed by atoms with Crippen LogP contribution < -0.4 is 5.32 Å². The molecule has 6 nitrogen and oxygen atoms in total. The molecule has 0 aromatic carbocycles. The lowest BCUT2D eigenvalue weighted by molar-refractivity contribution is 0.170. The number of methoxy groups -OCH3 is 1. The van der Waals surface area contributed by atoms with Crippen LogP contribution in [0.15, 0.2) is 24.5 Å². The molecule has 17 heavy (non-hydrogen) atoms. The first-order valence-electron chi connectivity index (χ1n) is 5.50. The highest BCUT2D eigenvalue weighted by Gasteiger charge is 2.08. The maximum absolute atomic E-state index is 8.95. The minimum atomic E-state index is 0.0582. The van der Waals surface area contributed by atoms with E-state index in [1.165, 1.54) is 0 Å². The minimum Gasteiger partial charge on any atom is -0.396 e. The Kier molecular flexibility index (Phi) is 3.89. The smallest absolute Gasteiger partial charge is 0.157 e. The van der Waals surface area contributed by atoms with E-state index in [1.807, 2.05) is 18.3 Å². The van der Waals surface area contributed by atoms with Gasteiger partial charge in [-0.05, 0) is 12.5 Å². The van der Waals surface area contributed by atoms with Gasteiger partial charge < -0.3 is 15.2 Å². The van der Waals surface area contributed by atoms with Gasteiger partial charge in [0.05, 0.1) is 18.8 Å². The predicted octanol–water partition coefficient (Wildman–Crippen LogP) is 0.539. The first-order valence-corrected chi connectivity index (χ1v) is 5.50. The second-order valence-corrected chi connectivity index (χ2v) is 3.76. The van der Waals surface area contributed by atoms with E-state index in [4.69, 9.17) is 9.84 Å². The van der Waals surface area contributed by atoms with Gasteiger partial charge in [0, 0.05) is 26.0 Å². The zero-order valence-electron chi connectivity index (χ0n) is 9.71. The third-order valence-electron chi connectivity index (χ3n) is 2.46. The summed E-state index contributed by atoms with van der Waals surface area (Å²) in [6.07, 6.45) is 4.17. The van der Waals surface area contributed by atoms with E-state index in [-0.39, 0.29) is 12.6 Å². The number of rotatable bonds is 6. The van der Waals surface area contributed by atoms with E-state index >= 15 is 0 Å². The molecule has 2 N–H and O–H groups in total. The number of fused-ring (bicyclic) bond motifs is 1. The SMILES string of the molecule is COCC(CCO)Nc1ccn2nccc2n1. The lowest BCUT2D eigenvalue weighted by Crippen LogP contribution is -2.26. The molecule has 0 aliphatic carbocycles. The van der Waals surface area contributed by atoms with Gasteiger partial charge in [-0.25, -0.2) is 9.50 Å². The van der Waals surface area contributed by atoms with Gasteiger partial charge in [-0.2, -0.15) is 5.10 Å². The molecule has 2 aromatic heterocycles. The Morgan fingerprint density at radius 3 is 3.18 bits per heavy atom. The lowest BCUT2D eigenvalue weighted by Gasteiger charge is -2.17. The van der Waals surface area contributed by atoms with Crippen LogP contribution in [0.4, 0.5) is 5.82 Å². The number of hydrogen-bond donors (Lipinski definition) is 2. The van der Waals surface area contributed by atoms with Crippen LogP contribution in [0.3, 0.4) is 0 Å². The number of aliphatic hydroxyl groups excluding tert-OH is 1. The first kappa shape index (κ1) is 11.8. The Balaban J connectivity index is 2.09. The van der Waals surface area contributed by atoms with Crippen molar-refractivity contribution in [2.24, 2.45) is 0 Å². The van der Waals surface area contributed by atoms with Crippen LogP contribution in [0.5, 0.6) is 0 Å². The molecule has 0 radical (unpaired) electrons. The summed E-state index contributed by atoms with van der Waals surface area (Å²) in [5.74, 6) is 0.758. The number of hydrogen-bond acceptors (Lipinski definition) is 5. The molecule has 2 heterocycles. The molecular weight excluding hydrogens is 220 g/mol. The third kappa shape index (κ3) is 2.92.